The van der Waals surface area contributed by atoms with Gasteiger partial charge in [-0.1, -0.05) is 12.1 Å². The Morgan fingerprint density at radius 1 is 0.963 bits per heavy atom. The van der Waals surface area contributed by atoms with E-state index in [0.717, 1.165) is 18.2 Å². The minimum absolute atomic E-state index is 0.161. The molecule has 0 amide bonds. The molecule has 27 heavy (non-hydrogen) atoms. The zero-order chi connectivity index (χ0) is 19.2. The lowest BCUT2D eigenvalue weighted by Crippen LogP contribution is -2.05. The number of phenols is 1. The van der Waals surface area contributed by atoms with Crippen molar-refractivity contribution in [3.8, 4) is 28.3 Å². The second kappa shape index (κ2) is 6.08. The number of alkyl halides is 3. The van der Waals surface area contributed by atoms with E-state index in [1.807, 2.05) is 0 Å². The normalized spacial score (nSPS) is 11.9. The summed E-state index contributed by atoms with van der Waals surface area (Å²) in [6.45, 7) is 0. The highest BCUT2D eigenvalue weighted by Gasteiger charge is 2.30. The van der Waals surface area contributed by atoms with Gasteiger partial charge in [-0.2, -0.15) is 18.3 Å². The minimum Gasteiger partial charge on any atom is -0.508 e. The maximum absolute atomic E-state index is 14.2. The number of aromatic hydroxyl groups is 1. The number of fused-ring (bicyclic) bond motifs is 1. The summed E-state index contributed by atoms with van der Waals surface area (Å²) >= 11 is 0. The summed E-state index contributed by atoms with van der Waals surface area (Å²) in [5, 5.41) is 13.7. The molecular weight excluding hydrogens is 362 g/mol. The molecule has 0 bridgehead atoms. The number of aromatic nitrogens is 3. The number of rotatable bonds is 2. The number of benzene rings is 2. The number of hydrogen-bond donors (Lipinski definition) is 1. The van der Waals surface area contributed by atoms with Crippen molar-refractivity contribution in [3.63, 3.8) is 0 Å². The van der Waals surface area contributed by atoms with Crippen molar-refractivity contribution in [2.75, 3.05) is 0 Å². The number of nitrogens with zero attached hydrogens (tertiary/aromatic N) is 3. The van der Waals surface area contributed by atoms with Crippen LogP contribution < -0.4 is 0 Å². The van der Waals surface area contributed by atoms with E-state index in [-0.39, 0.29) is 22.6 Å². The Kier molecular flexibility index (Phi) is 3.83. The summed E-state index contributed by atoms with van der Waals surface area (Å²) in [5.41, 5.74) is 0.667. The van der Waals surface area contributed by atoms with Gasteiger partial charge < -0.3 is 5.11 Å². The molecule has 0 aliphatic rings. The van der Waals surface area contributed by atoms with Gasteiger partial charge in [0.2, 0.25) is 0 Å². The van der Waals surface area contributed by atoms with Crippen molar-refractivity contribution in [1.82, 2.24) is 14.6 Å². The molecule has 4 nitrogen and oxygen atoms in total. The number of phenolic OH excluding ortho intramolecular Hbond substituents is 1. The van der Waals surface area contributed by atoms with Gasteiger partial charge in [-0.3, -0.25) is 0 Å². The van der Waals surface area contributed by atoms with Crippen molar-refractivity contribution in [2.45, 2.75) is 6.18 Å². The molecule has 1 N–H and O–H groups in total. The third kappa shape index (κ3) is 3.10. The molecular formula is C19H11F4N3O. The molecule has 8 heteroatoms. The SMILES string of the molecule is Oc1ccc(-c2cnc3ccc(-c4cccc(C(F)(F)F)c4)nn23)c(F)c1. The Bertz CT molecular complexity index is 1150. The molecule has 0 spiro atoms. The van der Waals surface area contributed by atoms with Gasteiger partial charge in [-0.25, -0.2) is 13.9 Å². The topological polar surface area (TPSA) is 50.4 Å². The van der Waals surface area contributed by atoms with Gasteiger partial charge in [0.15, 0.2) is 5.65 Å². The Labute approximate surface area is 150 Å². The predicted molar refractivity (Wildman–Crippen MR) is 90.5 cm³/mol. The molecule has 0 atom stereocenters. The Morgan fingerprint density at radius 2 is 1.78 bits per heavy atom. The van der Waals surface area contributed by atoms with E-state index >= 15 is 0 Å². The molecule has 136 valence electrons. The highest BCUT2D eigenvalue weighted by Crippen LogP contribution is 2.32. The zero-order valence-corrected chi connectivity index (χ0v) is 13.6. The quantitative estimate of drug-likeness (QED) is 0.507. The summed E-state index contributed by atoms with van der Waals surface area (Å²) in [6.07, 6.45) is -3.05. The minimum atomic E-state index is -4.46. The highest BCUT2D eigenvalue weighted by molar-refractivity contribution is 5.67. The Morgan fingerprint density at radius 3 is 2.52 bits per heavy atom. The van der Waals surface area contributed by atoms with Crippen molar-refractivity contribution in [2.24, 2.45) is 0 Å². The Hall–Kier alpha value is -3.42. The van der Waals surface area contributed by atoms with Gasteiger partial charge in [0, 0.05) is 17.2 Å². The second-order valence-corrected chi connectivity index (χ2v) is 5.87. The van der Waals surface area contributed by atoms with Crippen LogP contribution >= 0.6 is 0 Å². The first-order valence-electron chi connectivity index (χ1n) is 7.84. The highest BCUT2D eigenvalue weighted by atomic mass is 19.4. The van der Waals surface area contributed by atoms with Gasteiger partial charge in [0.05, 0.1) is 23.1 Å². The van der Waals surface area contributed by atoms with E-state index in [0.29, 0.717) is 11.3 Å². The summed E-state index contributed by atoms with van der Waals surface area (Å²) in [6, 6.07) is 11.6. The van der Waals surface area contributed by atoms with Gasteiger partial charge in [-0.05, 0) is 36.4 Å². The van der Waals surface area contributed by atoms with Gasteiger partial charge in [-0.15, -0.1) is 0 Å². The van der Waals surface area contributed by atoms with E-state index in [2.05, 4.69) is 10.1 Å². The van der Waals surface area contributed by atoms with Crippen LogP contribution in [0.4, 0.5) is 17.6 Å². The standard InChI is InChI=1S/C19H11F4N3O/c20-15-9-13(27)4-5-14(15)17-10-24-18-7-6-16(25-26(17)18)11-2-1-3-12(8-11)19(21,22)23/h1-10,27H. The molecule has 0 aliphatic carbocycles. The van der Waals surface area contributed by atoms with Crippen molar-refractivity contribution < 1.29 is 22.7 Å². The number of halogens is 4. The fourth-order valence-electron chi connectivity index (χ4n) is 2.78. The van der Waals surface area contributed by atoms with Crippen LogP contribution in [-0.2, 0) is 6.18 Å². The zero-order valence-electron chi connectivity index (χ0n) is 13.6. The van der Waals surface area contributed by atoms with Crippen LogP contribution in [0.15, 0.2) is 60.8 Å². The van der Waals surface area contributed by atoms with Crippen molar-refractivity contribution >= 4 is 5.65 Å². The lowest BCUT2D eigenvalue weighted by molar-refractivity contribution is -0.137. The second-order valence-electron chi connectivity index (χ2n) is 5.87. The third-order valence-corrected chi connectivity index (χ3v) is 4.08. The molecule has 2 heterocycles. The lowest BCUT2D eigenvalue weighted by Gasteiger charge is -2.09. The van der Waals surface area contributed by atoms with Crippen LogP contribution in [0, 0.1) is 5.82 Å². The molecule has 4 aromatic rings. The number of hydrogen-bond acceptors (Lipinski definition) is 3. The number of imidazole rings is 1. The summed E-state index contributed by atoms with van der Waals surface area (Å²) < 4.78 is 54.4. The van der Waals surface area contributed by atoms with Gasteiger partial charge in [0.25, 0.3) is 0 Å². The van der Waals surface area contributed by atoms with E-state index in [1.165, 1.54) is 35.0 Å². The van der Waals surface area contributed by atoms with Crippen LogP contribution in [0.25, 0.3) is 28.2 Å². The molecule has 4 rings (SSSR count). The van der Waals surface area contributed by atoms with Crippen LogP contribution in [0.1, 0.15) is 5.56 Å². The van der Waals surface area contributed by atoms with E-state index < -0.39 is 17.6 Å². The van der Waals surface area contributed by atoms with Crippen molar-refractivity contribution in [1.29, 1.82) is 0 Å². The maximum atomic E-state index is 14.2. The summed E-state index contributed by atoms with van der Waals surface area (Å²) in [5.74, 6) is -0.884. The smallest absolute Gasteiger partial charge is 0.416 e. The molecule has 0 aliphatic heterocycles. The van der Waals surface area contributed by atoms with Crippen LogP contribution in [0.2, 0.25) is 0 Å². The molecule has 0 saturated heterocycles. The fourth-order valence-corrected chi connectivity index (χ4v) is 2.78. The average Bonchev–Trinajstić information content (AvgIpc) is 3.04. The van der Waals surface area contributed by atoms with Crippen LogP contribution in [0.3, 0.4) is 0 Å². The first-order chi connectivity index (χ1) is 12.8. The first-order valence-corrected chi connectivity index (χ1v) is 7.84. The Balaban J connectivity index is 1.86. The van der Waals surface area contributed by atoms with E-state index in [1.54, 1.807) is 12.1 Å². The van der Waals surface area contributed by atoms with Crippen LogP contribution in [0.5, 0.6) is 5.75 Å². The molecule has 0 radical (unpaired) electrons. The van der Waals surface area contributed by atoms with Gasteiger partial charge >= 0.3 is 6.18 Å². The fraction of sp³-hybridized carbons (Fsp3) is 0.0526. The largest absolute Gasteiger partial charge is 0.508 e. The molecule has 2 aromatic carbocycles. The van der Waals surface area contributed by atoms with Crippen LogP contribution in [-0.4, -0.2) is 19.7 Å². The monoisotopic (exact) mass is 373 g/mol. The summed E-state index contributed by atoms with van der Waals surface area (Å²) in [7, 11) is 0. The van der Waals surface area contributed by atoms with E-state index in [9.17, 15) is 22.7 Å². The van der Waals surface area contributed by atoms with Crippen molar-refractivity contribution in [3.05, 3.63) is 72.2 Å². The first kappa shape index (κ1) is 17.0. The predicted octanol–water partition coefficient (Wildman–Crippen LogP) is 4.93. The van der Waals surface area contributed by atoms with E-state index in [4.69, 9.17) is 0 Å². The molecule has 0 unspecified atom stereocenters. The molecule has 0 fully saturated rings. The third-order valence-electron chi connectivity index (χ3n) is 4.08. The maximum Gasteiger partial charge on any atom is 0.416 e. The molecule has 0 saturated carbocycles. The molecule has 2 aromatic heterocycles. The van der Waals surface area contributed by atoms with Gasteiger partial charge in [0.1, 0.15) is 11.6 Å². The summed E-state index contributed by atoms with van der Waals surface area (Å²) in [4.78, 5) is 4.14. The average molecular weight is 373 g/mol. The lowest BCUT2D eigenvalue weighted by atomic mass is 10.1.